The van der Waals surface area contributed by atoms with E-state index in [1.165, 1.54) is 12.8 Å². The molecule has 2 heterocycles. The second kappa shape index (κ2) is 10.2. The standard InChI is InChI=1S/C27H30N2O4S/c1-18-28-17-29(33-18)27-24(16-23(34-27)13-9-19-7-11-21(30)12-8-19)20-10-14-25(31-2)26(15-20)32-22-5-3-4-6-22/h10,14-19,22H,3-8,11-12H2,1-2H3. The van der Waals surface area contributed by atoms with E-state index >= 15 is 0 Å². The van der Waals surface area contributed by atoms with Crippen molar-refractivity contribution in [2.24, 2.45) is 10.9 Å². The summed E-state index contributed by atoms with van der Waals surface area (Å²) < 4.78 is 11.9. The zero-order valence-electron chi connectivity index (χ0n) is 19.7. The number of nitrogens with zero attached hydrogens (tertiary/aromatic N) is 2. The first-order chi connectivity index (χ1) is 16.6. The highest BCUT2D eigenvalue weighted by Crippen LogP contribution is 2.43. The first-order valence-corrected chi connectivity index (χ1v) is 12.9. The zero-order chi connectivity index (χ0) is 23.5. The van der Waals surface area contributed by atoms with Crippen molar-refractivity contribution in [2.45, 2.75) is 70.6 Å². The van der Waals surface area contributed by atoms with Crippen LogP contribution in [0.25, 0.3) is 11.1 Å². The summed E-state index contributed by atoms with van der Waals surface area (Å²) in [5.74, 6) is 8.91. The van der Waals surface area contributed by atoms with Gasteiger partial charge in [0.25, 0.3) is 0 Å². The second-order valence-electron chi connectivity index (χ2n) is 9.10. The molecule has 1 aromatic carbocycles. The largest absolute Gasteiger partial charge is 0.493 e. The van der Waals surface area contributed by atoms with Gasteiger partial charge in [0, 0.05) is 24.3 Å². The van der Waals surface area contributed by atoms with Gasteiger partial charge in [0.05, 0.1) is 18.1 Å². The molecule has 1 aromatic heterocycles. The van der Waals surface area contributed by atoms with Gasteiger partial charge in [-0.05, 0) is 69.2 Å². The fraction of sp³-hybridized carbons (Fsp3) is 0.481. The Morgan fingerprint density at radius 1 is 1.12 bits per heavy atom. The molecule has 5 rings (SSSR count). The molecule has 0 spiro atoms. The van der Waals surface area contributed by atoms with Gasteiger partial charge in [0.2, 0.25) is 0 Å². The van der Waals surface area contributed by atoms with Crippen LogP contribution in [0.15, 0.2) is 29.3 Å². The lowest BCUT2D eigenvalue weighted by Gasteiger charge is -2.18. The predicted octanol–water partition coefficient (Wildman–Crippen LogP) is 5.98. The van der Waals surface area contributed by atoms with E-state index in [0.717, 1.165) is 58.2 Å². The number of anilines is 1. The monoisotopic (exact) mass is 478 g/mol. The zero-order valence-corrected chi connectivity index (χ0v) is 20.5. The van der Waals surface area contributed by atoms with Crippen LogP contribution in [0.5, 0.6) is 11.5 Å². The van der Waals surface area contributed by atoms with Gasteiger partial charge < -0.3 is 9.47 Å². The molecule has 178 valence electrons. The average Bonchev–Trinajstić information content (AvgIpc) is 3.60. The van der Waals surface area contributed by atoms with Crippen molar-refractivity contribution >= 4 is 28.5 Å². The first kappa shape index (κ1) is 22.9. The molecule has 2 fully saturated rings. The Balaban J connectivity index is 1.47. The summed E-state index contributed by atoms with van der Waals surface area (Å²) in [6, 6.07) is 8.19. The molecule has 0 amide bonds. The van der Waals surface area contributed by atoms with Crippen LogP contribution < -0.4 is 14.5 Å². The Morgan fingerprint density at radius 3 is 2.62 bits per heavy atom. The van der Waals surface area contributed by atoms with Crippen LogP contribution in [0.1, 0.15) is 63.2 Å². The molecule has 1 aliphatic heterocycles. The van der Waals surface area contributed by atoms with Gasteiger partial charge >= 0.3 is 0 Å². The Hall–Kier alpha value is -2.82. The van der Waals surface area contributed by atoms with Crippen LogP contribution in [0.4, 0.5) is 5.00 Å². The highest BCUT2D eigenvalue weighted by molar-refractivity contribution is 7.17. The second-order valence-corrected chi connectivity index (χ2v) is 10.1. The molecule has 6 nitrogen and oxygen atoms in total. The van der Waals surface area contributed by atoms with Crippen LogP contribution in [-0.4, -0.2) is 31.6 Å². The molecule has 0 N–H and O–H groups in total. The van der Waals surface area contributed by atoms with E-state index in [4.69, 9.17) is 14.3 Å². The number of hydroxylamine groups is 1. The topological polar surface area (TPSA) is 60.4 Å². The molecule has 34 heavy (non-hydrogen) atoms. The third-order valence-electron chi connectivity index (χ3n) is 6.57. The van der Waals surface area contributed by atoms with E-state index in [9.17, 15) is 4.79 Å². The van der Waals surface area contributed by atoms with E-state index in [-0.39, 0.29) is 18.2 Å². The van der Waals surface area contributed by atoms with Crippen LogP contribution in [-0.2, 0) is 9.63 Å². The number of carbonyl (C=O) groups excluding carboxylic acids is 1. The van der Waals surface area contributed by atoms with E-state index in [1.807, 2.05) is 19.1 Å². The SMILES string of the molecule is COc1ccc(-c2cc(C#CC3CCC(=O)CC3)sc2N2C=NC(C)O2)cc1OC1CCCC1. The molecule has 0 bridgehead atoms. The third-order valence-corrected chi connectivity index (χ3v) is 7.61. The Bertz CT molecular complexity index is 1130. The minimum atomic E-state index is -0.221. The number of thiophene rings is 1. The van der Waals surface area contributed by atoms with E-state index < -0.39 is 0 Å². The Kier molecular flexibility index (Phi) is 6.89. The minimum absolute atomic E-state index is 0.221. The Morgan fingerprint density at radius 2 is 1.91 bits per heavy atom. The number of hydrogen-bond donors (Lipinski definition) is 0. The number of Topliss-reactive ketones (excluding diaryl/α,β-unsaturated/α-hetero) is 1. The molecule has 1 atom stereocenters. The van der Waals surface area contributed by atoms with Crippen molar-refractivity contribution in [1.82, 2.24) is 0 Å². The van der Waals surface area contributed by atoms with E-state index in [0.29, 0.717) is 18.6 Å². The molecule has 1 unspecified atom stereocenters. The summed E-state index contributed by atoms with van der Waals surface area (Å²) in [6.45, 7) is 1.91. The highest BCUT2D eigenvalue weighted by Gasteiger charge is 2.24. The summed E-state index contributed by atoms with van der Waals surface area (Å²) in [4.78, 5) is 22.8. The summed E-state index contributed by atoms with van der Waals surface area (Å²) >= 11 is 1.59. The van der Waals surface area contributed by atoms with Gasteiger partial charge in [-0.2, -0.15) is 5.06 Å². The van der Waals surface area contributed by atoms with Gasteiger partial charge in [0.15, 0.2) is 17.7 Å². The lowest BCUT2D eigenvalue weighted by Crippen LogP contribution is -2.17. The third kappa shape index (κ3) is 5.13. The summed E-state index contributed by atoms with van der Waals surface area (Å²) in [5.41, 5.74) is 2.04. The molecular formula is C27H30N2O4S. The van der Waals surface area contributed by atoms with Crippen molar-refractivity contribution in [3.8, 4) is 34.5 Å². The number of benzene rings is 1. The van der Waals surface area contributed by atoms with Gasteiger partial charge in [0.1, 0.15) is 17.1 Å². The molecule has 3 aliphatic rings. The molecule has 2 aromatic rings. The van der Waals surface area contributed by atoms with Crippen LogP contribution >= 0.6 is 11.3 Å². The number of carbonyl (C=O) groups is 1. The van der Waals surface area contributed by atoms with E-state index in [2.05, 4.69) is 29.0 Å². The fourth-order valence-electron chi connectivity index (χ4n) is 4.67. The van der Waals surface area contributed by atoms with Gasteiger partial charge in [-0.25, -0.2) is 9.83 Å². The minimum Gasteiger partial charge on any atom is -0.493 e. The lowest BCUT2D eigenvalue weighted by atomic mass is 9.89. The molecule has 7 heteroatoms. The van der Waals surface area contributed by atoms with Gasteiger partial charge in [-0.1, -0.05) is 17.9 Å². The van der Waals surface area contributed by atoms with Crippen molar-refractivity contribution in [3.05, 3.63) is 29.1 Å². The van der Waals surface area contributed by atoms with E-state index in [1.54, 1.807) is 29.8 Å². The van der Waals surface area contributed by atoms with Gasteiger partial charge in [-0.3, -0.25) is 4.79 Å². The maximum absolute atomic E-state index is 11.5. The molecule has 2 aliphatic carbocycles. The van der Waals surface area contributed by atoms with Crippen LogP contribution in [0.3, 0.4) is 0 Å². The van der Waals surface area contributed by atoms with Crippen molar-refractivity contribution in [3.63, 3.8) is 0 Å². The normalized spacial score (nSPS) is 21.1. The van der Waals surface area contributed by atoms with Crippen molar-refractivity contribution in [2.75, 3.05) is 12.2 Å². The summed E-state index contributed by atoms with van der Waals surface area (Å²) in [5, 5.41) is 2.67. The number of methoxy groups -OCH3 is 1. The summed E-state index contributed by atoms with van der Waals surface area (Å²) in [7, 11) is 1.68. The smallest absolute Gasteiger partial charge is 0.174 e. The van der Waals surface area contributed by atoms with Crippen LogP contribution in [0.2, 0.25) is 0 Å². The number of ketones is 1. The number of rotatable bonds is 5. The van der Waals surface area contributed by atoms with Crippen molar-refractivity contribution in [1.29, 1.82) is 0 Å². The first-order valence-electron chi connectivity index (χ1n) is 12.1. The highest BCUT2D eigenvalue weighted by atomic mass is 32.1. The lowest BCUT2D eigenvalue weighted by molar-refractivity contribution is -0.120. The maximum Gasteiger partial charge on any atom is 0.174 e. The van der Waals surface area contributed by atoms with Crippen LogP contribution in [0, 0.1) is 17.8 Å². The van der Waals surface area contributed by atoms with Crippen molar-refractivity contribution < 1.29 is 19.1 Å². The summed E-state index contributed by atoms with van der Waals surface area (Å²) in [6.07, 6.45) is 9.34. The molecule has 0 radical (unpaired) electrons. The fourth-order valence-corrected chi connectivity index (χ4v) is 5.63. The maximum atomic E-state index is 11.5. The molecular weight excluding hydrogens is 448 g/mol. The van der Waals surface area contributed by atoms with Gasteiger partial charge in [-0.15, -0.1) is 11.3 Å². The molecule has 0 saturated heterocycles. The molecule has 2 saturated carbocycles. The predicted molar refractivity (Wildman–Crippen MR) is 135 cm³/mol. The average molecular weight is 479 g/mol. The number of ether oxygens (including phenoxy) is 2. The number of hydrogen-bond acceptors (Lipinski definition) is 7. The Labute approximate surface area is 204 Å². The quantitative estimate of drug-likeness (QED) is 0.495. The number of aliphatic imine (C=N–C) groups is 1.